The third kappa shape index (κ3) is 5.78. The van der Waals surface area contributed by atoms with E-state index in [0.29, 0.717) is 11.6 Å². The molecule has 1 rings (SSSR count). The monoisotopic (exact) mass is 271 g/mol. The van der Waals surface area contributed by atoms with Crippen LogP contribution >= 0.6 is 11.8 Å². The standard InChI is InChI=1S/C8H12F3N3O2S/c9-8(10,11)3-13-6(15)1-12-7(16)5-2-17-4-14-5/h5,14H,1-4H2,(H,12,16)(H,13,15). The summed E-state index contributed by atoms with van der Waals surface area (Å²) in [5, 5.41) is 6.81. The lowest BCUT2D eigenvalue weighted by atomic mass is 10.3. The highest BCUT2D eigenvalue weighted by Crippen LogP contribution is 2.12. The highest BCUT2D eigenvalue weighted by Gasteiger charge is 2.28. The molecule has 17 heavy (non-hydrogen) atoms. The van der Waals surface area contributed by atoms with E-state index in [9.17, 15) is 22.8 Å². The molecule has 1 saturated heterocycles. The van der Waals surface area contributed by atoms with Crippen molar-refractivity contribution in [2.45, 2.75) is 12.2 Å². The number of alkyl halides is 3. The topological polar surface area (TPSA) is 70.2 Å². The number of nitrogens with one attached hydrogen (secondary N) is 3. The first kappa shape index (κ1) is 14.1. The van der Waals surface area contributed by atoms with Crippen LogP contribution < -0.4 is 16.0 Å². The molecule has 0 aliphatic carbocycles. The van der Waals surface area contributed by atoms with Gasteiger partial charge in [-0.05, 0) is 0 Å². The molecule has 3 N–H and O–H groups in total. The SMILES string of the molecule is O=C(CNC(=O)C1CSCN1)NCC(F)(F)F. The molecular weight excluding hydrogens is 259 g/mol. The second kappa shape index (κ2) is 6.10. The number of thioether (sulfide) groups is 1. The lowest BCUT2D eigenvalue weighted by Gasteiger charge is -2.11. The lowest BCUT2D eigenvalue weighted by Crippen LogP contribution is -2.46. The van der Waals surface area contributed by atoms with Crippen LogP contribution in [-0.2, 0) is 9.59 Å². The molecule has 5 nitrogen and oxygen atoms in total. The molecule has 1 unspecified atom stereocenters. The summed E-state index contributed by atoms with van der Waals surface area (Å²) in [6.07, 6.45) is -4.44. The molecule has 9 heteroatoms. The van der Waals surface area contributed by atoms with Crippen molar-refractivity contribution in [3.63, 3.8) is 0 Å². The molecule has 98 valence electrons. The molecule has 0 saturated carbocycles. The Kier molecular flexibility index (Phi) is 5.06. The fourth-order valence-electron chi connectivity index (χ4n) is 1.12. The molecular formula is C8H12F3N3O2S. The van der Waals surface area contributed by atoms with Gasteiger partial charge in [0.1, 0.15) is 6.54 Å². The van der Waals surface area contributed by atoms with Gasteiger partial charge in [0.25, 0.3) is 0 Å². The zero-order chi connectivity index (χ0) is 12.9. The van der Waals surface area contributed by atoms with E-state index in [-0.39, 0.29) is 11.9 Å². The van der Waals surface area contributed by atoms with Crippen molar-refractivity contribution in [3.8, 4) is 0 Å². The average molecular weight is 271 g/mol. The summed E-state index contributed by atoms with van der Waals surface area (Å²) >= 11 is 1.54. The van der Waals surface area contributed by atoms with E-state index < -0.39 is 25.2 Å². The third-order valence-electron chi connectivity index (χ3n) is 1.94. The fourth-order valence-corrected chi connectivity index (χ4v) is 2.06. The quantitative estimate of drug-likeness (QED) is 0.641. The van der Waals surface area contributed by atoms with Crippen molar-refractivity contribution in [1.82, 2.24) is 16.0 Å². The molecule has 2 amide bonds. The maximum Gasteiger partial charge on any atom is 0.405 e. The van der Waals surface area contributed by atoms with Crippen LogP contribution in [0.3, 0.4) is 0 Å². The minimum Gasteiger partial charge on any atom is -0.346 e. The van der Waals surface area contributed by atoms with E-state index in [1.165, 1.54) is 11.8 Å². The number of hydrogen-bond donors (Lipinski definition) is 3. The maximum absolute atomic E-state index is 11.7. The van der Waals surface area contributed by atoms with Gasteiger partial charge < -0.3 is 10.6 Å². The minimum atomic E-state index is -4.44. The molecule has 0 spiro atoms. The molecule has 1 aliphatic heterocycles. The Balaban J connectivity index is 2.17. The zero-order valence-electron chi connectivity index (χ0n) is 8.76. The van der Waals surface area contributed by atoms with Crippen LogP contribution in [0.25, 0.3) is 0 Å². The normalized spacial score (nSPS) is 20.1. The molecule has 0 aromatic heterocycles. The van der Waals surface area contributed by atoms with Crippen molar-refractivity contribution in [1.29, 1.82) is 0 Å². The van der Waals surface area contributed by atoms with Crippen molar-refractivity contribution in [2.75, 3.05) is 24.7 Å². The fraction of sp³-hybridized carbons (Fsp3) is 0.750. The first-order chi connectivity index (χ1) is 7.88. The van der Waals surface area contributed by atoms with Gasteiger partial charge in [0.05, 0.1) is 12.6 Å². The van der Waals surface area contributed by atoms with Gasteiger partial charge >= 0.3 is 6.18 Å². The summed E-state index contributed by atoms with van der Waals surface area (Å²) in [7, 11) is 0. The summed E-state index contributed by atoms with van der Waals surface area (Å²) in [5.74, 6) is 0.00689. The molecule has 0 aromatic carbocycles. The van der Waals surface area contributed by atoms with Crippen LogP contribution in [0.15, 0.2) is 0 Å². The maximum atomic E-state index is 11.7. The smallest absolute Gasteiger partial charge is 0.346 e. The molecule has 0 aromatic rings. The second-order valence-electron chi connectivity index (χ2n) is 3.38. The number of amides is 2. The number of halogens is 3. The largest absolute Gasteiger partial charge is 0.405 e. The number of hydrogen-bond acceptors (Lipinski definition) is 4. The summed E-state index contributed by atoms with van der Waals surface area (Å²) in [4.78, 5) is 22.3. The van der Waals surface area contributed by atoms with Crippen LogP contribution in [-0.4, -0.2) is 48.8 Å². The first-order valence-electron chi connectivity index (χ1n) is 4.81. The Bertz CT molecular complexity index is 292. The Hall–Kier alpha value is -0.960. The van der Waals surface area contributed by atoms with Crippen LogP contribution in [0.2, 0.25) is 0 Å². The summed E-state index contributed by atoms with van der Waals surface area (Å²) < 4.78 is 35.2. The van der Waals surface area contributed by atoms with E-state index in [1.807, 2.05) is 0 Å². The lowest BCUT2D eigenvalue weighted by molar-refractivity contribution is -0.138. The van der Waals surface area contributed by atoms with Gasteiger partial charge in [-0.3, -0.25) is 14.9 Å². The van der Waals surface area contributed by atoms with E-state index in [4.69, 9.17) is 0 Å². The van der Waals surface area contributed by atoms with E-state index >= 15 is 0 Å². The Morgan fingerprint density at radius 3 is 2.59 bits per heavy atom. The number of rotatable bonds is 4. The Labute approximate surface area is 99.9 Å². The predicted octanol–water partition coefficient (Wildman–Crippen LogP) is -0.556. The van der Waals surface area contributed by atoms with Crippen LogP contribution in [0.5, 0.6) is 0 Å². The highest BCUT2D eigenvalue weighted by molar-refractivity contribution is 7.99. The summed E-state index contributed by atoms with van der Waals surface area (Å²) in [6.45, 7) is -1.84. The van der Waals surface area contributed by atoms with Gasteiger partial charge in [-0.2, -0.15) is 13.2 Å². The average Bonchev–Trinajstić information content (AvgIpc) is 2.75. The Morgan fingerprint density at radius 2 is 2.06 bits per heavy atom. The number of carbonyl (C=O) groups excluding carboxylic acids is 2. The van der Waals surface area contributed by atoms with Crippen molar-refractivity contribution in [2.24, 2.45) is 0 Å². The van der Waals surface area contributed by atoms with E-state index in [0.717, 1.165) is 0 Å². The summed E-state index contributed by atoms with van der Waals surface area (Å²) in [6, 6.07) is -0.379. The molecule has 0 radical (unpaired) electrons. The van der Waals surface area contributed by atoms with Crippen molar-refractivity contribution in [3.05, 3.63) is 0 Å². The highest BCUT2D eigenvalue weighted by atomic mass is 32.2. The van der Waals surface area contributed by atoms with Crippen LogP contribution in [0.4, 0.5) is 13.2 Å². The second-order valence-corrected chi connectivity index (χ2v) is 4.41. The van der Waals surface area contributed by atoms with E-state index in [1.54, 1.807) is 5.32 Å². The van der Waals surface area contributed by atoms with Gasteiger partial charge in [-0.1, -0.05) is 0 Å². The summed E-state index contributed by atoms with van der Waals surface area (Å²) in [5.41, 5.74) is 0. The molecule has 1 fully saturated rings. The minimum absolute atomic E-state index is 0.378. The third-order valence-corrected chi connectivity index (χ3v) is 2.88. The van der Waals surface area contributed by atoms with Gasteiger partial charge in [0.2, 0.25) is 11.8 Å². The molecule has 1 atom stereocenters. The molecule has 0 bridgehead atoms. The van der Waals surface area contributed by atoms with Crippen molar-refractivity contribution < 1.29 is 22.8 Å². The van der Waals surface area contributed by atoms with Gasteiger partial charge in [-0.15, -0.1) is 11.8 Å². The van der Waals surface area contributed by atoms with Crippen molar-refractivity contribution >= 4 is 23.6 Å². The zero-order valence-corrected chi connectivity index (χ0v) is 9.58. The Morgan fingerprint density at radius 1 is 1.35 bits per heavy atom. The van der Waals surface area contributed by atoms with Crippen LogP contribution in [0, 0.1) is 0 Å². The van der Waals surface area contributed by atoms with Gasteiger partial charge in [-0.25, -0.2) is 0 Å². The molecule has 1 aliphatic rings. The van der Waals surface area contributed by atoms with Crippen LogP contribution in [0.1, 0.15) is 0 Å². The predicted molar refractivity (Wildman–Crippen MR) is 56.3 cm³/mol. The van der Waals surface area contributed by atoms with Gasteiger partial charge in [0, 0.05) is 11.6 Å². The number of carbonyl (C=O) groups is 2. The first-order valence-corrected chi connectivity index (χ1v) is 5.96. The molecule has 1 heterocycles. The van der Waals surface area contributed by atoms with E-state index in [2.05, 4.69) is 10.6 Å². The van der Waals surface area contributed by atoms with Gasteiger partial charge in [0.15, 0.2) is 0 Å².